The molecule has 1 N–H and O–H groups in total. The van der Waals surface area contributed by atoms with Gasteiger partial charge in [0.2, 0.25) is 5.91 Å². The largest absolute Gasteiger partial charge is 0.376 e. The van der Waals surface area contributed by atoms with E-state index in [0.717, 1.165) is 5.56 Å². The molecule has 1 saturated heterocycles. The van der Waals surface area contributed by atoms with Gasteiger partial charge in [-0.1, -0.05) is 41.4 Å². The van der Waals surface area contributed by atoms with E-state index in [-0.39, 0.29) is 36.8 Å². The number of nitrogens with zero attached hydrogens (tertiary/aromatic N) is 1. The number of hydrogen-bond donors (Lipinski definition) is 1. The molecule has 0 radical (unpaired) electrons. The average Bonchev–Trinajstić information content (AvgIpc) is 2.64. The second kappa shape index (κ2) is 9.70. The summed E-state index contributed by atoms with van der Waals surface area (Å²) in [7, 11) is 0. The Morgan fingerprint density at radius 1 is 1.32 bits per heavy atom. The number of benzene rings is 2. The van der Waals surface area contributed by atoms with Crippen molar-refractivity contribution in [2.45, 2.75) is 25.5 Å². The Bertz CT molecular complexity index is 814. The van der Waals surface area contributed by atoms with Crippen LogP contribution >= 0.6 is 23.2 Å². The quantitative estimate of drug-likeness (QED) is 0.753. The number of rotatable bonds is 6. The van der Waals surface area contributed by atoms with E-state index in [0.29, 0.717) is 35.3 Å². The second-order valence-electron chi connectivity index (χ2n) is 6.94. The molecular formula is C21H23Cl2FN2O2. The van der Waals surface area contributed by atoms with Gasteiger partial charge >= 0.3 is 0 Å². The lowest BCUT2D eigenvalue weighted by Gasteiger charge is -2.38. The van der Waals surface area contributed by atoms with Crippen molar-refractivity contribution in [1.82, 2.24) is 10.2 Å². The number of carbonyl (C=O) groups excluding carboxylic acids is 1. The summed E-state index contributed by atoms with van der Waals surface area (Å²) in [6, 6.07) is 11.5. The van der Waals surface area contributed by atoms with Crippen LogP contribution in [-0.4, -0.2) is 43.2 Å². The van der Waals surface area contributed by atoms with Gasteiger partial charge in [-0.15, -0.1) is 0 Å². The fraction of sp³-hybridized carbons (Fsp3) is 0.381. The van der Waals surface area contributed by atoms with Crippen molar-refractivity contribution >= 4 is 29.1 Å². The number of carbonyl (C=O) groups is 1. The van der Waals surface area contributed by atoms with E-state index in [1.54, 1.807) is 24.3 Å². The average molecular weight is 425 g/mol. The molecule has 7 heteroatoms. The Labute approximate surface area is 174 Å². The minimum Gasteiger partial charge on any atom is -0.376 e. The van der Waals surface area contributed by atoms with Gasteiger partial charge in [-0.25, -0.2) is 4.39 Å². The zero-order chi connectivity index (χ0) is 20.1. The molecule has 1 fully saturated rings. The second-order valence-corrected chi connectivity index (χ2v) is 7.78. The third-order valence-electron chi connectivity index (χ3n) is 4.79. The Kier molecular flexibility index (Phi) is 7.30. The summed E-state index contributed by atoms with van der Waals surface area (Å²) in [4.78, 5) is 14.6. The van der Waals surface area contributed by atoms with Gasteiger partial charge in [-0.2, -0.15) is 0 Å². The van der Waals surface area contributed by atoms with Crippen LogP contribution < -0.4 is 5.32 Å². The van der Waals surface area contributed by atoms with Crippen molar-refractivity contribution in [2.75, 3.05) is 26.2 Å². The minimum absolute atomic E-state index is 0.0314. The van der Waals surface area contributed by atoms with Crippen LogP contribution in [0.2, 0.25) is 10.0 Å². The molecule has 1 aliphatic heterocycles. The number of amides is 1. The highest BCUT2D eigenvalue weighted by atomic mass is 35.5. The zero-order valence-corrected chi connectivity index (χ0v) is 17.1. The van der Waals surface area contributed by atoms with E-state index in [2.05, 4.69) is 10.2 Å². The standard InChI is InChI=1S/C21H23Cl2FN2O2/c1-14-13-26(8-9-28-14)19(21-17(23)6-3-7-18(21)24)12-25-20(27)11-15-4-2-5-16(22)10-15/h2-7,10,14,19H,8-9,11-13H2,1H3,(H,25,27). The molecule has 150 valence electrons. The molecule has 0 bridgehead atoms. The van der Waals surface area contributed by atoms with Crippen LogP contribution in [0.5, 0.6) is 0 Å². The molecule has 1 heterocycles. The lowest BCUT2D eigenvalue weighted by molar-refractivity contribution is -0.120. The summed E-state index contributed by atoms with van der Waals surface area (Å²) in [6.07, 6.45) is 0.238. The first-order valence-electron chi connectivity index (χ1n) is 9.24. The van der Waals surface area contributed by atoms with Gasteiger partial charge in [0.15, 0.2) is 0 Å². The predicted molar refractivity (Wildman–Crippen MR) is 109 cm³/mol. The lowest BCUT2D eigenvalue weighted by atomic mass is 10.0. The molecule has 2 unspecified atom stereocenters. The van der Waals surface area contributed by atoms with Gasteiger partial charge in [0.05, 0.1) is 25.2 Å². The summed E-state index contributed by atoms with van der Waals surface area (Å²) in [5.74, 6) is -0.526. The Morgan fingerprint density at radius 3 is 2.82 bits per heavy atom. The molecule has 28 heavy (non-hydrogen) atoms. The van der Waals surface area contributed by atoms with E-state index in [9.17, 15) is 9.18 Å². The summed E-state index contributed by atoms with van der Waals surface area (Å²) in [5, 5.41) is 3.87. The number of hydrogen-bond acceptors (Lipinski definition) is 3. The Hall–Kier alpha value is -1.66. The van der Waals surface area contributed by atoms with Gasteiger partial charge < -0.3 is 10.1 Å². The molecule has 1 aliphatic rings. The maximum atomic E-state index is 14.6. The number of nitrogens with one attached hydrogen (secondary N) is 1. The fourth-order valence-corrected chi connectivity index (χ4v) is 3.98. The number of ether oxygens (including phenoxy) is 1. The molecular weight excluding hydrogens is 402 g/mol. The Balaban J connectivity index is 1.74. The first-order valence-corrected chi connectivity index (χ1v) is 10.0. The minimum atomic E-state index is -0.374. The molecule has 0 spiro atoms. The van der Waals surface area contributed by atoms with E-state index in [1.807, 2.05) is 19.1 Å². The highest BCUT2D eigenvalue weighted by Gasteiger charge is 2.29. The van der Waals surface area contributed by atoms with Gasteiger partial charge in [0, 0.05) is 35.2 Å². The van der Waals surface area contributed by atoms with Gasteiger partial charge in [0.1, 0.15) is 5.82 Å². The molecule has 0 aromatic heterocycles. The van der Waals surface area contributed by atoms with E-state index in [4.69, 9.17) is 27.9 Å². The van der Waals surface area contributed by atoms with Crippen molar-refractivity contribution < 1.29 is 13.9 Å². The van der Waals surface area contributed by atoms with Crippen LogP contribution in [0.4, 0.5) is 4.39 Å². The van der Waals surface area contributed by atoms with Crippen molar-refractivity contribution in [2.24, 2.45) is 0 Å². The summed E-state index contributed by atoms with van der Waals surface area (Å²) in [6.45, 7) is 4.07. The monoisotopic (exact) mass is 424 g/mol. The third-order valence-corrected chi connectivity index (χ3v) is 5.36. The molecule has 2 aromatic carbocycles. The summed E-state index contributed by atoms with van der Waals surface area (Å²) >= 11 is 12.3. The van der Waals surface area contributed by atoms with Crippen LogP contribution in [0.3, 0.4) is 0 Å². The van der Waals surface area contributed by atoms with E-state index < -0.39 is 0 Å². The first-order chi connectivity index (χ1) is 13.4. The van der Waals surface area contributed by atoms with Crippen molar-refractivity contribution in [3.05, 3.63) is 69.5 Å². The van der Waals surface area contributed by atoms with Gasteiger partial charge in [-0.3, -0.25) is 9.69 Å². The normalized spacial score (nSPS) is 18.6. The van der Waals surface area contributed by atoms with E-state index >= 15 is 0 Å². The zero-order valence-electron chi connectivity index (χ0n) is 15.6. The van der Waals surface area contributed by atoms with Crippen molar-refractivity contribution in [3.63, 3.8) is 0 Å². The SMILES string of the molecule is CC1CN(C(CNC(=O)Cc2cccc(Cl)c2)c2c(F)cccc2Cl)CCO1. The van der Waals surface area contributed by atoms with Crippen molar-refractivity contribution in [3.8, 4) is 0 Å². The molecule has 1 amide bonds. The smallest absolute Gasteiger partial charge is 0.224 e. The summed E-state index contributed by atoms with van der Waals surface area (Å²) < 4.78 is 20.2. The molecule has 2 atom stereocenters. The van der Waals surface area contributed by atoms with Crippen LogP contribution in [-0.2, 0) is 16.0 Å². The molecule has 3 rings (SSSR count). The Morgan fingerprint density at radius 2 is 2.11 bits per heavy atom. The number of halogens is 3. The van der Waals surface area contributed by atoms with E-state index in [1.165, 1.54) is 6.07 Å². The number of morpholine rings is 1. The van der Waals surface area contributed by atoms with Crippen LogP contribution in [0.25, 0.3) is 0 Å². The molecule has 0 saturated carbocycles. The van der Waals surface area contributed by atoms with Crippen LogP contribution in [0.1, 0.15) is 24.1 Å². The topological polar surface area (TPSA) is 41.6 Å². The highest BCUT2D eigenvalue weighted by Crippen LogP contribution is 2.31. The van der Waals surface area contributed by atoms with Crippen LogP contribution in [0.15, 0.2) is 42.5 Å². The van der Waals surface area contributed by atoms with Gasteiger partial charge in [0.25, 0.3) is 0 Å². The highest BCUT2D eigenvalue weighted by molar-refractivity contribution is 6.31. The van der Waals surface area contributed by atoms with Gasteiger partial charge in [-0.05, 0) is 36.8 Å². The fourth-order valence-electron chi connectivity index (χ4n) is 3.48. The third kappa shape index (κ3) is 5.45. The summed E-state index contributed by atoms with van der Waals surface area (Å²) in [5.41, 5.74) is 1.23. The van der Waals surface area contributed by atoms with Crippen molar-refractivity contribution in [1.29, 1.82) is 0 Å². The predicted octanol–water partition coefficient (Wildman–Crippen LogP) is 4.25. The molecule has 0 aliphatic carbocycles. The maximum absolute atomic E-state index is 14.6. The molecule has 2 aromatic rings. The first kappa shape index (κ1) is 21.1. The molecule has 4 nitrogen and oxygen atoms in total. The maximum Gasteiger partial charge on any atom is 0.224 e. The van der Waals surface area contributed by atoms with Crippen LogP contribution in [0, 0.1) is 5.82 Å². The lowest BCUT2D eigenvalue weighted by Crippen LogP contribution is -2.47.